The van der Waals surface area contributed by atoms with Crippen molar-refractivity contribution in [2.75, 3.05) is 13.3 Å². The topological polar surface area (TPSA) is 59.0 Å². The zero-order valence-electron chi connectivity index (χ0n) is 12.3. The minimum atomic E-state index is -0.714. The maximum Gasteiger partial charge on any atom is 0.304 e. The van der Waals surface area contributed by atoms with Gasteiger partial charge in [-0.05, 0) is 49.6 Å². The van der Waals surface area contributed by atoms with E-state index in [9.17, 15) is 4.79 Å². The van der Waals surface area contributed by atoms with Gasteiger partial charge < -0.3 is 14.6 Å². The summed E-state index contributed by atoms with van der Waals surface area (Å²) in [5.41, 5.74) is 2.36. The second-order valence-electron chi connectivity index (χ2n) is 5.85. The third-order valence-corrected chi connectivity index (χ3v) is 4.36. The zero-order chi connectivity index (χ0) is 14.8. The molecular formula is C16H21NO4. The molecule has 2 heterocycles. The van der Waals surface area contributed by atoms with Crippen LogP contribution in [0, 0.1) is 6.92 Å². The van der Waals surface area contributed by atoms with Crippen molar-refractivity contribution in [1.29, 1.82) is 0 Å². The number of ether oxygens (including phenoxy) is 2. The van der Waals surface area contributed by atoms with E-state index in [4.69, 9.17) is 14.6 Å². The van der Waals surface area contributed by atoms with Crippen molar-refractivity contribution in [2.45, 2.75) is 45.2 Å². The number of benzene rings is 1. The summed E-state index contributed by atoms with van der Waals surface area (Å²) in [4.78, 5) is 13.3. The third-order valence-electron chi connectivity index (χ3n) is 4.36. The lowest BCUT2D eigenvalue weighted by molar-refractivity contribution is -0.138. The van der Waals surface area contributed by atoms with Gasteiger partial charge in [0.1, 0.15) is 0 Å². The number of aliphatic carboxylic acids is 1. The van der Waals surface area contributed by atoms with Crippen molar-refractivity contribution >= 4 is 5.97 Å². The molecule has 3 rings (SSSR count). The van der Waals surface area contributed by atoms with Crippen molar-refractivity contribution in [1.82, 2.24) is 4.90 Å². The molecular weight excluding hydrogens is 270 g/mol. The molecule has 0 aliphatic carbocycles. The predicted octanol–water partition coefficient (Wildman–Crippen LogP) is 2.55. The minimum absolute atomic E-state index is 0.140. The molecule has 1 atom stereocenters. The van der Waals surface area contributed by atoms with Crippen molar-refractivity contribution in [3.8, 4) is 11.5 Å². The Balaban J connectivity index is 1.76. The first-order valence-electron chi connectivity index (χ1n) is 7.48. The molecule has 0 spiro atoms. The fraction of sp³-hybridized carbons (Fsp3) is 0.562. The lowest BCUT2D eigenvalue weighted by Crippen LogP contribution is -2.40. The summed E-state index contributed by atoms with van der Waals surface area (Å²) >= 11 is 0. The molecule has 1 fully saturated rings. The number of carboxylic acids is 1. The average Bonchev–Trinajstić information content (AvgIpc) is 2.88. The monoisotopic (exact) mass is 291 g/mol. The molecule has 21 heavy (non-hydrogen) atoms. The van der Waals surface area contributed by atoms with Gasteiger partial charge in [0.2, 0.25) is 6.79 Å². The van der Waals surface area contributed by atoms with Crippen LogP contribution in [-0.4, -0.2) is 35.4 Å². The summed E-state index contributed by atoms with van der Waals surface area (Å²) in [7, 11) is 0. The second-order valence-corrected chi connectivity index (χ2v) is 5.85. The SMILES string of the molecule is Cc1cc2c(cc1CN1CCCC[C@H]1CC(=O)O)OCO2. The number of piperidine rings is 1. The first-order valence-corrected chi connectivity index (χ1v) is 7.48. The van der Waals surface area contributed by atoms with Gasteiger partial charge in [-0.1, -0.05) is 6.42 Å². The van der Waals surface area contributed by atoms with E-state index in [1.54, 1.807) is 0 Å². The van der Waals surface area contributed by atoms with Gasteiger partial charge in [0.25, 0.3) is 0 Å². The van der Waals surface area contributed by atoms with Crippen LogP contribution >= 0.6 is 0 Å². The summed E-state index contributed by atoms with van der Waals surface area (Å²) in [5.74, 6) is 0.883. The van der Waals surface area contributed by atoms with Gasteiger partial charge in [-0.3, -0.25) is 9.69 Å². The van der Waals surface area contributed by atoms with E-state index in [2.05, 4.69) is 11.8 Å². The van der Waals surface area contributed by atoms with Crippen molar-refractivity contribution in [3.05, 3.63) is 23.3 Å². The molecule has 1 saturated heterocycles. The average molecular weight is 291 g/mol. The molecule has 114 valence electrons. The highest BCUT2D eigenvalue weighted by Crippen LogP contribution is 2.35. The largest absolute Gasteiger partial charge is 0.481 e. The summed E-state index contributed by atoms with van der Waals surface area (Å²) in [6, 6.07) is 4.18. The highest BCUT2D eigenvalue weighted by atomic mass is 16.7. The fourth-order valence-corrected chi connectivity index (χ4v) is 3.18. The molecule has 1 N–H and O–H groups in total. The molecule has 0 saturated carbocycles. The van der Waals surface area contributed by atoms with E-state index < -0.39 is 5.97 Å². The van der Waals surface area contributed by atoms with E-state index in [0.29, 0.717) is 0 Å². The van der Waals surface area contributed by atoms with E-state index in [1.807, 2.05) is 12.1 Å². The smallest absolute Gasteiger partial charge is 0.304 e. The summed E-state index contributed by atoms with van der Waals surface area (Å²) < 4.78 is 10.8. The Morgan fingerprint density at radius 2 is 2.10 bits per heavy atom. The number of likely N-dealkylation sites (tertiary alicyclic amines) is 1. The molecule has 5 nitrogen and oxygen atoms in total. The maximum atomic E-state index is 11.0. The Morgan fingerprint density at radius 1 is 1.33 bits per heavy atom. The van der Waals surface area contributed by atoms with Crippen molar-refractivity contribution in [3.63, 3.8) is 0 Å². The normalized spacial score (nSPS) is 21.5. The lowest BCUT2D eigenvalue weighted by atomic mass is 9.97. The van der Waals surface area contributed by atoms with Gasteiger partial charge in [0.15, 0.2) is 11.5 Å². The maximum absolute atomic E-state index is 11.0. The first kappa shape index (κ1) is 14.2. The summed E-state index contributed by atoms with van der Waals surface area (Å²) in [6.45, 7) is 4.09. The van der Waals surface area contributed by atoms with Crippen LogP contribution in [0.2, 0.25) is 0 Å². The lowest BCUT2D eigenvalue weighted by Gasteiger charge is -2.35. The molecule has 0 amide bonds. The van der Waals surface area contributed by atoms with Gasteiger partial charge >= 0.3 is 5.97 Å². The highest BCUT2D eigenvalue weighted by molar-refractivity contribution is 5.67. The molecule has 1 aromatic carbocycles. The van der Waals surface area contributed by atoms with Crippen molar-refractivity contribution in [2.24, 2.45) is 0 Å². The van der Waals surface area contributed by atoms with Gasteiger partial charge in [-0.25, -0.2) is 0 Å². The van der Waals surface area contributed by atoms with Crippen LogP contribution in [0.1, 0.15) is 36.8 Å². The molecule has 5 heteroatoms. The van der Waals surface area contributed by atoms with Gasteiger partial charge in [0, 0.05) is 12.6 Å². The quantitative estimate of drug-likeness (QED) is 0.924. The molecule has 1 aromatic rings. The Bertz CT molecular complexity index is 543. The number of fused-ring (bicyclic) bond motifs is 1. The van der Waals surface area contributed by atoms with Crippen LogP contribution in [0.4, 0.5) is 0 Å². The van der Waals surface area contributed by atoms with Crippen LogP contribution in [-0.2, 0) is 11.3 Å². The Morgan fingerprint density at radius 3 is 2.86 bits per heavy atom. The van der Waals surface area contributed by atoms with Crippen LogP contribution < -0.4 is 9.47 Å². The Labute approximate surface area is 124 Å². The standard InChI is InChI=1S/C16H21NO4/c1-11-6-14-15(21-10-20-14)7-12(11)9-17-5-3-2-4-13(17)8-16(18)19/h6-7,13H,2-5,8-10H2,1H3,(H,18,19)/t13-/m0/s1. The number of nitrogens with zero attached hydrogens (tertiary/aromatic N) is 1. The van der Waals surface area contributed by atoms with Gasteiger partial charge in [-0.15, -0.1) is 0 Å². The Hall–Kier alpha value is -1.75. The molecule has 0 radical (unpaired) electrons. The third kappa shape index (κ3) is 3.13. The fourth-order valence-electron chi connectivity index (χ4n) is 3.18. The van der Waals surface area contributed by atoms with Gasteiger partial charge in [0.05, 0.1) is 6.42 Å². The highest BCUT2D eigenvalue weighted by Gasteiger charge is 2.26. The number of carboxylic acid groups (broad SMARTS) is 1. The predicted molar refractivity (Wildman–Crippen MR) is 77.6 cm³/mol. The summed E-state index contributed by atoms with van der Waals surface area (Å²) in [5, 5.41) is 9.07. The first-order chi connectivity index (χ1) is 10.1. The zero-order valence-corrected chi connectivity index (χ0v) is 12.3. The van der Waals surface area contributed by atoms with Crippen molar-refractivity contribution < 1.29 is 19.4 Å². The number of hydrogen-bond donors (Lipinski definition) is 1. The molecule has 0 unspecified atom stereocenters. The Kier molecular flexibility index (Phi) is 4.01. The minimum Gasteiger partial charge on any atom is -0.481 e. The number of carbonyl (C=O) groups is 1. The molecule has 0 aromatic heterocycles. The van der Waals surface area contributed by atoms with Crippen LogP contribution in [0.25, 0.3) is 0 Å². The second kappa shape index (κ2) is 5.93. The van der Waals surface area contributed by atoms with E-state index in [1.165, 1.54) is 11.1 Å². The van der Waals surface area contributed by atoms with E-state index in [-0.39, 0.29) is 19.3 Å². The van der Waals surface area contributed by atoms with Crippen LogP contribution in [0.5, 0.6) is 11.5 Å². The number of aryl methyl sites for hydroxylation is 1. The molecule has 2 aliphatic heterocycles. The van der Waals surface area contributed by atoms with Crippen LogP contribution in [0.15, 0.2) is 12.1 Å². The number of hydrogen-bond acceptors (Lipinski definition) is 4. The molecule has 0 bridgehead atoms. The summed E-state index contributed by atoms with van der Waals surface area (Å²) in [6.07, 6.45) is 3.45. The van der Waals surface area contributed by atoms with Crippen LogP contribution in [0.3, 0.4) is 0 Å². The van der Waals surface area contributed by atoms with Gasteiger partial charge in [-0.2, -0.15) is 0 Å². The number of rotatable bonds is 4. The van der Waals surface area contributed by atoms with E-state index >= 15 is 0 Å². The molecule has 2 aliphatic rings. The van der Waals surface area contributed by atoms with E-state index in [0.717, 1.165) is 43.9 Å².